The number of anilines is 1. The average molecular weight is 388 g/mol. The highest BCUT2D eigenvalue weighted by Crippen LogP contribution is 2.34. The fraction of sp³-hybridized carbons (Fsp3) is 0.320. The summed E-state index contributed by atoms with van der Waals surface area (Å²) in [4.78, 5) is 15.1. The molecule has 0 spiro atoms. The summed E-state index contributed by atoms with van der Waals surface area (Å²) in [6, 6.07) is 20.7. The first-order valence-electron chi connectivity index (χ1n) is 10.2. The van der Waals surface area contributed by atoms with Gasteiger partial charge in [0, 0.05) is 30.7 Å². The molecule has 4 nitrogen and oxygen atoms in total. The molecule has 2 aromatic carbocycles. The molecule has 4 rings (SSSR count). The average Bonchev–Trinajstić information content (AvgIpc) is 3.17. The molecule has 0 aliphatic carbocycles. The summed E-state index contributed by atoms with van der Waals surface area (Å²) in [5, 5.41) is 3.07. The van der Waals surface area contributed by atoms with E-state index in [1.165, 1.54) is 11.1 Å². The Hall–Kier alpha value is -3.01. The maximum Gasteiger partial charge on any atom is 0.322 e. The molecule has 1 aromatic heterocycles. The molecule has 1 aliphatic rings. The first kappa shape index (κ1) is 19.3. The Bertz CT molecular complexity index is 994. The van der Waals surface area contributed by atoms with Crippen molar-refractivity contribution in [1.82, 2.24) is 9.47 Å². The highest BCUT2D eigenvalue weighted by molar-refractivity contribution is 5.90. The third kappa shape index (κ3) is 3.93. The largest absolute Gasteiger partial charge is 0.348 e. The molecule has 2 heterocycles. The number of nitrogens with zero attached hydrogens (tertiary/aromatic N) is 2. The van der Waals surface area contributed by atoms with Crippen molar-refractivity contribution in [2.24, 2.45) is 0 Å². The predicted molar refractivity (Wildman–Crippen MR) is 118 cm³/mol. The van der Waals surface area contributed by atoms with Gasteiger partial charge < -0.3 is 14.8 Å². The van der Waals surface area contributed by atoms with E-state index in [1.54, 1.807) is 0 Å². The minimum absolute atomic E-state index is 0.0637. The van der Waals surface area contributed by atoms with Crippen molar-refractivity contribution in [2.75, 3.05) is 11.9 Å². The number of amides is 2. The lowest BCUT2D eigenvalue weighted by Crippen LogP contribution is -2.44. The fourth-order valence-electron chi connectivity index (χ4n) is 3.95. The lowest BCUT2D eigenvalue weighted by molar-refractivity contribution is 0.182. The zero-order chi connectivity index (χ0) is 20.6. The van der Waals surface area contributed by atoms with Crippen LogP contribution in [0.25, 0.3) is 0 Å². The van der Waals surface area contributed by atoms with E-state index in [1.807, 2.05) is 36.1 Å². The molecule has 1 N–H and O–H groups in total. The zero-order valence-corrected chi connectivity index (χ0v) is 17.6. The van der Waals surface area contributed by atoms with Crippen LogP contribution >= 0.6 is 0 Å². The number of rotatable bonds is 2. The summed E-state index contributed by atoms with van der Waals surface area (Å²) in [5.74, 6) is 0. The second kappa shape index (κ2) is 7.43. The number of nitrogens with one attached hydrogen (secondary N) is 1. The molecule has 2 amide bonds. The number of fused-ring (bicyclic) bond motifs is 1. The first-order valence-corrected chi connectivity index (χ1v) is 10.2. The van der Waals surface area contributed by atoms with Gasteiger partial charge in [-0.05, 0) is 47.7 Å². The van der Waals surface area contributed by atoms with Gasteiger partial charge in [0.2, 0.25) is 0 Å². The molecule has 0 bridgehead atoms. The molecule has 0 unspecified atom stereocenters. The van der Waals surface area contributed by atoms with Gasteiger partial charge in [0.1, 0.15) is 0 Å². The van der Waals surface area contributed by atoms with Crippen LogP contribution in [0.15, 0.2) is 66.9 Å². The maximum absolute atomic E-state index is 13.2. The van der Waals surface area contributed by atoms with E-state index in [0.29, 0.717) is 6.54 Å². The second-order valence-electron chi connectivity index (χ2n) is 8.89. The Labute approximate surface area is 173 Å². The van der Waals surface area contributed by atoms with Gasteiger partial charge in [0.15, 0.2) is 0 Å². The highest BCUT2D eigenvalue weighted by atomic mass is 16.2. The highest BCUT2D eigenvalue weighted by Gasteiger charge is 2.32. The molecule has 4 heteroatoms. The van der Waals surface area contributed by atoms with Crippen LogP contribution in [0.1, 0.15) is 49.2 Å². The third-order valence-electron chi connectivity index (χ3n) is 5.69. The van der Waals surface area contributed by atoms with Gasteiger partial charge in [-0.1, -0.05) is 62.7 Å². The lowest BCUT2D eigenvalue weighted by atomic mass is 9.86. The monoisotopic (exact) mass is 387 g/mol. The zero-order valence-electron chi connectivity index (χ0n) is 17.6. The summed E-state index contributed by atoms with van der Waals surface area (Å²) in [7, 11) is 0. The smallest absolute Gasteiger partial charge is 0.322 e. The van der Waals surface area contributed by atoms with E-state index in [0.717, 1.165) is 23.5 Å². The molecular formula is C25H29N3O. The topological polar surface area (TPSA) is 37.3 Å². The first-order chi connectivity index (χ1) is 13.8. The van der Waals surface area contributed by atoms with Crippen molar-refractivity contribution < 1.29 is 4.79 Å². The molecule has 1 atom stereocenters. The van der Waals surface area contributed by atoms with E-state index >= 15 is 0 Å². The number of aromatic nitrogens is 1. The summed E-state index contributed by atoms with van der Waals surface area (Å²) >= 11 is 0. The van der Waals surface area contributed by atoms with Crippen LogP contribution in [-0.4, -0.2) is 22.0 Å². The van der Waals surface area contributed by atoms with E-state index in [9.17, 15) is 4.79 Å². The standard InChI is InChI=1S/C25H29N3O/c1-18-7-13-21(14-8-18)26-24(29)28-17-16-27-15-5-6-22(27)23(28)19-9-11-20(12-10-19)25(2,3)4/h5-15,23H,16-17H2,1-4H3,(H,26,29)/t23-/m0/s1. The molecule has 0 fully saturated rings. The van der Waals surface area contributed by atoms with Gasteiger partial charge >= 0.3 is 6.03 Å². The van der Waals surface area contributed by atoms with Crippen molar-refractivity contribution in [2.45, 2.75) is 45.7 Å². The molecule has 0 saturated carbocycles. The van der Waals surface area contributed by atoms with Crippen LogP contribution in [-0.2, 0) is 12.0 Å². The second-order valence-corrected chi connectivity index (χ2v) is 8.89. The normalized spacial score (nSPS) is 16.4. The number of carbonyl (C=O) groups is 1. The van der Waals surface area contributed by atoms with Crippen molar-refractivity contribution >= 4 is 11.7 Å². The van der Waals surface area contributed by atoms with Crippen LogP contribution in [0.2, 0.25) is 0 Å². The number of aryl methyl sites for hydroxylation is 1. The Morgan fingerprint density at radius 3 is 2.31 bits per heavy atom. The molecule has 1 aliphatic heterocycles. The van der Waals surface area contributed by atoms with Crippen LogP contribution in [0.4, 0.5) is 10.5 Å². The summed E-state index contributed by atoms with van der Waals surface area (Å²) in [5.41, 5.74) is 5.69. The minimum atomic E-state index is -0.0989. The molecular weight excluding hydrogens is 358 g/mol. The Morgan fingerprint density at radius 1 is 0.966 bits per heavy atom. The predicted octanol–water partition coefficient (Wildman–Crippen LogP) is 5.73. The van der Waals surface area contributed by atoms with Gasteiger partial charge in [-0.2, -0.15) is 0 Å². The van der Waals surface area contributed by atoms with E-state index in [-0.39, 0.29) is 17.5 Å². The number of urea groups is 1. The third-order valence-corrected chi connectivity index (χ3v) is 5.69. The Morgan fingerprint density at radius 2 is 1.66 bits per heavy atom. The van der Waals surface area contributed by atoms with Gasteiger partial charge in [0.25, 0.3) is 0 Å². The SMILES string of the molecule is Cc1ccc(NC(=O)N2CCn3cccc3[C@@H]2c2ccc(C(C)(C)C)cc2)cc1. The fourth-order valence-corrected chi connectivity index (χ4v) is 3.95. The van der Waals surface area contributed by atoms with Crippen molar-refractivity contribution in [3.05, 3.63) is 89.2 Å². The minimum Gasteiger partial charge on any atom is -0.348 e. The van der Waals surface area contributed by atoms with E-state index in [2.05, 4.69) is 73.3 Å². The molecule has 150 valence electrons. The Kier molecular flexibility index (Phi) is 4.95. The number of benzene rings is 2. The number of carbonyl (C=O) groups excluding carboxylic acids is 1. The lowest BCUT2D eigenvalue weighted by Gasteiger charge is -2.37. The van der Waals surface area contributed by atoms with Gasteiger partial charge in [0.05, 0.1) is 6.04 Å². The van der Waals surface area contributed by atoms with Crippen LogP contribution in [0.3, 0.4) is 0 Å². The molecule has 3 aromatic rings. The van der Waals surface area contributed by atoms with E-state index in [4.69, 9.17) is 0 Å². The van der Waals surface area contributed by atoms with Crippen LogP contribution < -0.4 is 5.32 Å². The number of hydrogen-bond acceptors (Lipinski definition) is 1. The van der Waals surface area contributed by atoms with Gasteiger partial charge in [-0.25, -0.2) is 4.79 Å². The number of hydrogen-bond donors (Lipinski definition) is 1. The van der Waals surface area contributed by atoms with Crippen molar-refractivity contribution in [3.63, 3.8) is 0 Å². The molecule has 0 saturated heterocycles. The molecule has 29 heavy (non-hydrogen) atoms. The summed E-state index contributed by atoms with van der Waals surface area (Å²) in [6.45, 7) is 10.2. The van der Waals surface area contributed by atoms with Crippen molar-refractivity contribution in [1.29, 1.82) is 0 Å². The summed E-state index contributed by atoms with van der Waals surface area (Å²) < 4.78 is 2.25. The van der Waals surface area contributed by atoms with E-state index < -0.39 is 0 Å². The van der Waals surface area contributed by atoms with Gasteiger partial charge in [-0.15, -0.1) is 0 Å². The van der Waals surface area contributed by atoms with Crippen LogP contribution in [0, 0.1) is 6.92 Å². The molecule has 0 radical (unpaired) electrons. The van der Waals surface area contributed by atoms with Crippen LogP contribution in [0.5, 0.6) is 0 Å². The summed E-state index contributed by atoms with van der Waals surface area (Å²) in [6.07, 6.45) is 2.10. The Balaban J connectivity index is 1.66. The van der Waals surface area contributed by atoms with Gasteiger partial charge in [-0.3, -0.25) is 0 Å². The quantitative estimate of drug-likeness (QED) is 0.599. The van der Waals surface area contributed by atoms with Crippen molar-refractivity contribution in [3.8, 4) is 0 Å². The maximum atomic E-state index is 13.2.